The highest BCUT2D eigenvalue weighted by atomic mass is 32.2. The number of halogens is 6. The molecule has 0 aromatic rings. The third-order valence-electron chi connectivity index (χ3n) is 1.42. The normalized spacial score (nSPS) is 10.0. The minimum atomic E-state index is -5.24. The maximum atomic E-state index is 11.6. The molecule has 0 spiro atoms. The van der Waals surface area contributed by atoms with E-state index < -0.39 is 27.6 Å². The average Bonchev–Trinajstić information content (AvgIpc) is 2.20. The van der Waals surface area contributed by atoms with Crippen LogP contribution in [0.3, 0.4) is 0 Å². The van der Waals surface area contributed by atoms with Crippen LogP contribution in [0.1, 0.15) is 92.5 Å². The second-order valence-corrected chi connectivity index (χ2v) is 10.4. The summed E-state index contributed by atoms with van der Waals surface area (Å²) >= 11 is 0. The number of ketones is 1. The van der Waals surface area contributed by atoms with Crippen LogP contribution >= 0.6 is 0 Å². The van der Waals surface area contributed by atoms with Crippen LogP contribution in [0.4, 0.5) is 26.3 Å². The van der Waals surface area contributed by atoms with Gasteiger partial charge < -0.3 is 9.53 Å². The van der Waals surface area contributed by atoms with Crippen LogP contribution in [0.25, 0.3) is 0 Å². The van der Waals surface area contributed by atoms with E-state index in [9.17, 15) is 39.6 Å². The Kier molecular flexibility index (Phi) is 49.7. The molecule has 0 bridgehead atoms. The summed E-state index contributed by atoms with van der Waals surface area (Å²) < 4.78 is 93.2. The molecule has 0 saturated carbocycles. The van der Waals surface area contributed by atoms with Crippen molar-refractivity contribution in [3.63, 3.8) is 0 Å². The van der Waals surface area contributed by atoms with Crippen LogP contribution in [-0.4, -0.2) is 53.3 Å². The molecule has 0 saturated heterocycles. The predicted molar refractivity (Wildman–Crippen MR) is 135 cm³/mol. The number of ether oxygens (including phenoxy) is 1. The lowest BCUT2D eigenvalue weighted by Gasteiger charge is -2.29. The Bertz CT molecular complexity index is 456. The van der Waals surface area contributed by atoms with E-state index in [2.05, 4.69) is 32.4 Å². The van der Waals surface area contributed by atoms with Gasteiger partial charge >= 0.3 is 12.4 Å². The Morgan fingerprint density at radius 1 is 0.636 bits per heavy atom. The zero-order valence-corrected chi connectivity index (χ0v) is 19.6. The molecule has 4 nitrogen and oxygen atoms in total. The molecule has 11 heteroatoms. The first-order valence-corrected chi connectivity index (χ1v) is 10.1. The minimum absolute atomic E-state index is 0. The topological polar surface area (TPSA) is 60.4 Å². The van der Waals surface area contributed by atoms with E-state index in [1.807, 2.05) is 0 Å². The SMILES string of the molecule is C.C.C.C.C.CC(C)(C(F)(F)F)C(F)(F)F.CC(C)(C)C.CC(C)=O.COC.CS(C)(=O)=O. The van der Waals surface area contributed by atoms with Crippen molar-refractivity contribution >= 4 is 15.6 Å². The van der Waals surface area contributed by atoms with Gasteiger partial charge in [-0.3, -0.25) is 0 Å². The van der Waals surface area contributed by atoms with E-state index in [0.717, 1.165) is 12.5 Å². The van der Waals surface area contributed by atoms with Crippen molar-refractivity contribution in [3.8, 4) is 0 Å². The lowest BCUT2D eigenvalue weighted by Crippen LogP contribution is -2.44. The summed E-state index contributed by atoms with van der Waals surface area (Å²) in [5, 5.41) is 0. The van der Waals surface area contributed by atoms with Gasteiger partial charge in [0.15, 0.2) is 5.41 Å². The van der Waals surface area contributed by atoms with Gasteiger partial charge in [0, 0.05) is 26.7 Å². The average molecular weight is 531 g/mol. The number of carbonyl (C=O) groups is 1. The molecular formula is C22H56F6O4S. The third-order valence-corrected chi connectivity index (χ3v) is 1.42. The van der Waals surface area contributed by atoms with Crippen molar-refractivity contribution in [2.75, 3.05) is 26.7 Å². The summed E-state index contributed by atoms with van der Waals surface area (Å²) in [5.41, 5.74) is -3.12. The summed E-state index contributed by atoms with van der Waals surface area (Å²) in [6.07, 6.45) is -8.17. The Balaban J connectivity index is -0.0000000262. The summed E-state index contributed by atoms with van der Waals surface area (Å²) in [6.45, 7) is 12.0. The molecule has 0 unspecified atom stereocenters. The Morgan fingerprint density at radius 3 is 0.697 bits per heavy atom. The summed E-state index contributed by atoms with van der Waals surface area (Å²) in [7, 11) is 0.583. The maximum absolute atomic E-state index is 11.6. The van der Waals surface area contributed by atoms with Crippen molar-refractivity contribution in [1.29, 1.82) is 0 Å². The van der Waals surface area contributed by atoms with Gasteiger partial charge in [0.05, 0.1) is 0 Å². The number of alkyl halides is 6. The highest BCUT2D eigenvalue weighted by Crippen LogP contribution is 2.49. The number of methoxy groups -OCH3 is 1. The fraction of sp³-hybridized carbons (Fsp3) is 0.955. The Labute approximate surface area is 202 Å². The first-order chi connectivity index (χ1) is 11.6. The summed E-state index contributed by atoms with van der Waals surface area (Å²) in [4.78, 5) is 9.44. The molecule has 0 radical (unpaired) electrons. The van der Waals surface area contributed by atoms with E-state index in [0.29, 0.717) is 5.41 Å². The molecule has 0 aliphatic carbocycles. The van der Waals surface area contributed by atoms with Gasteiger partial charge in [-0.15, -0.1) is 0 Å². The van der Waals surface area contributed by atoms with Gasteiger partial charge in [-0.2, -0.15) is 26.3 Å². The standard InChI is InChI=1S/C5H6F6.C5H12.C3H6O.C2H6O2S.C2H6O.5CH4/c1-3(2,4(6,7)8)5(9,10)11;1-5(2,3)4;1-3(2)4;1-5(2,3)4;1-3-2;;;;;/h1-2H3;1-4H3;1-2H3;1-2H3;1-2H3;5*1H4. The van der Waals surface area contributed by atoms with Gasteiger partial charge in [0.25, 0.3) is 0 Å². The number of hydrogen-bond acceptors (Lipinski definition) is 4. The van der Waals surface area contributed by atoms with Crippen LogP contribution in [0, 0.1) is 10.8 Å². The fourth-order valence-electron chi connectivity index (χ4n) is 0.161. The third kappa shape index (κ3) is 90.0. The van der Waals surface area contributed by atoms with E-state index >= 15 is 0 Å². The molecule has 0 amide bonds. The molecule has 0 atom stereocenters. The van der Waals surface area contributed by atoms with E-state index in [-0.39, 0.29) is 56.8 Å². The van der Waals surface area contributed by atoms with E-state index in [4.69, 9.17) is 0 Å². The molecular weight excluding hydrogens is 474 g/mol. The number of carbonyl (C=O) groups excluding carboxylic acids is 1. The molecule has 0 aromatic heterocycles. The van der Waals surface area contributed by atoms with Crippen molar-refractivity contribution in [2.24, 2.45) is 10.8 Å². The maximum Gasteiger partial charge on any atom is 0.402 e. The molecule has 0 aliphatic heterocycles. The molecule has 0 rings (SSSR count). The van der Waals surface area contributed by atoms with Gasteiger partial charge in [0.2, 0.25) is 0 Å². The number of sulfone groups is 1. The lowest BCUT2D eigenvalue weighted by atomic mass is 9.92. The first-order valence-electron chi connectivity index (χ1n) is 7.80. The first kappa shape index (κ1) is 63.6. The second kappa shape index (κ2) is 25.8. The van der Waals surface area contributed by atoms with Crippen LogP contribution in [0.2, 0.25) is 0 Å². The summed E-state index contributed by atoms with van der Waals surface area (Å²) in [5.74, 6) is 0.167. The second-order valence-electron chi connectivity index (χ2n) is 8.08. The molecule has 33 heavy (non-hydrogen) atoms. The Morgan fingerprint density at radius 2 is 0.697 bits per heavy atom. The zero-order chi connectivity index (χ0) is 24.8. The van der Waals surface area contributed by atoms with Crippen LogP contribution in [0.5, 0.6) is 0 Å². The van der Waals surface area contributed by atoms with Gasteiger partial charge in [0.1, 0.15) is 15.6 Å². The Hall–Kier alpha value is -0.840. The minimum Gasteiger partial charge on any atom is -0.388 e. The van der Waals surface area contributed by atoms with Crippen molar-refractivity contribution in [1.82, 2.24) is 0 Å². The quantitative estimate of drug-likeness (QED) is 0.293. The number of rotatable bonds is 0. The van der Waals surface area contributed by atoms with Crippen LogP contribution in [0.15, 0.2) is 0 Å². The van der Waals surface area contributed by atoms with Gasteiger partial charge in [-0.1, -0.05) is 64.8 Å². The monoisotopic (exact) mass is 530 g/mol. The van der Waals surface area contributed by atoms with Gasteiger partial charge in [-0.25, -0.2) is 8.42 Å². The zero-order valence-electron chi connectivity index (χ0n) is 18.8. The van der Waals surface area contributed by atoms with Crippen LogP contribution in [-0.2, 0) is 19.4 Å². The highest BCUT2D eigenvalue weighted by Gasteiger charge is 2.64. The smallest absolute Gasteiger partial charge is 0.388 e. The van der Waals surface area contributed by atoms with Crippen molar-refractivity contribution in [3.05, 3.63) is 0 Å². The molecule has 0 aromatic carbocycles. The van der Waals surface area contributed by atoms with Gasteiger partial charge in [-0.05, 0) is 33.1 Å². The number of hydrogen-bond donors (Lipinski definition) is 0. The highest BCUT2D eigenvalue weighted by molar-refractivity contribution is 7.89. The molecule has 0 heterocycles. The van der Waals surface area contributed by atoms with E-state index in [1.54, 1.807) is 14.2 Å². The fourth-order valence-corrected chi connectivity index (χ4v) is 0.161. The van der Waals surface area contributed by atoms with E-state index in [1.165, 1.54) is 13.8 Å². The largest absolute Gasteiger partial charge is 0.402 e. The molecule has 216 valence electrons. The lowest BCUT2D eigenvalue weighted by molar-refractivity contribution is -0.327. The van der Waals surface area contributed by atoms with Crippen molar-refractivity contribution < 1.29 is 44.3 Å². The molecule has 0 N–H and O–H groups in total. The predicted octanol–water partition coefficient (Wildman–Crippen LogP) is 8.89. The van der Waals surface area contributed by atoms with Crippen molar-refractivity contribution in [2.45, 2.75) is 105 Å². The molecule has 0 aliphatic rings. The molecule has 0 fully saturated rings. The number of Topliss-reactive ketones (excluding diaryl/α,β-unsaturated/α-hetero) is 1. The van der Waals surface area contributed by atoms with Crippen LogP contribution < -0.4 is 0 Å². The summed E-state index contributed by atoms with van der Waals surface area (Å²) in [6, 6.07) is 0.